The lowest BCUT2D eigenvalue weighted by Crippen LogP contribution is -1.85. The number of hydrogen-bond acceptors (Lipinski definition) is 1. The highest BCUT2D eigenvalue weighted by molar-refractivity contribution is 5.62. The smallest absolute Gasteiger partial charge is 0.107 e. The number of aromatic amines is 1. The highest BCUT2D eigenvalue weighted by Gasteiger charge is 1.92. The quantitative estimate of drug-likeness (QED) is 0.609. The molecule has 0 aliphatic rings. The standard InChI is InChI=1S/C8H12N2/c1-6(2)5-7-3-4-10-8(7)9/h3-5,10H,9H2,1-2H3. The predicted octanol–water partition coefficient (Wildman–Crippen LogP) is 2.02. The Kier molecular flexibility index (Phi) is 1.81. The summed E-state index contributed by atoms with van der Waals surface area (Å²) >= 11 is 0. The predicted molar refractivity (Wildman–Crippen MR) is 44.5 cm³/mol. The molecule has 0 saturated carbocycles. The molecular weight excluding hydrogens is 124 g/mol. The molecule has 0 atom stereocenters. The van der Waals surface area contributed by atoms with Crippen LogP contribution in [-0.4, -0.2) is 4.98 Å². The molecule has 0 amide bonds. The van der Waals surface area contributed by atoms with E-state index >= 15 is 0 Å². The summed E-state index contributed by atoms with van der Waals surface area (Å²) in [5.41, 5.74) is 7.91. The van der Waals surface area contributed by atoms with Gasteiger partial charge in [-0.25, -0.2) is 0 Å². The van der Waals surface area contributed by atoms with E-state index in [1.165, 1.54) is 5.57 Å². The largest absolute Gasteiger partial charge is 0.385 e. The molecule has 0 bridgehead atoms. The molecule has 1 heterocycles. The second kappa shape index (κ2) is 2.60. The monoisotopic (exact) mass is 136 g/mol. The molecule has 0 radical (unpaired) electrons. The second-order valence-electron chi connectivity index (χ2n) is 2.57. The minimum Gasteiger partial charge on any atom is -0.385 e. The molecule has 0 aliphatic heterocycles. The lowest BCUT2D eigenvalue weighted by molar-refractivity contribution is 1.40. The molecule has 54 valence electrons. The summed E-state index contributed by atoms with van der Waals surface area (Å²) < 4.78 is 0. The van der Waals surface area contributed by atoms with E-state index in [9.17, 15) is 0 Å². The molecule has 0 aromatic carbocycles. The number of anilines is 1. The third kappa shape index (κ3) is 1.41. The van der Waals surface area contributed by atoms with Gasteiger partial charge in [-0.2, -0.15) is 0 Å². The van der Waals surface area contributed by atoms with E-state index < -0.39 is 0 Å². The SMILES string of the molecule is CC(C)=Cc1cc[nH]c1N. The molecule has 0 unspecified atom stereocenters. The van der Waals surface area contributed by atoms with E-state index in [-0.39, 0.29) is 0 Å². The molecule has 0 aliphatic carbocycles. The third-order valence-corrected chi connectivity index (χ3v) is 1.26. The van der Waals surface area contributed by atoms with E-state index in [4.69, 9.17) is 5.73 Å². The van der Waals surface area contributed by atoms with Crippen molar-refractivity contribution in [1.82, 2.24) is 4.98 Å². The average Bonchev–Trinajstić information content (AvgIpc) is 2.15. The van der Waals surface area contributed by atoms with Crippen molar-refractivity contribution in [3.8, 4) is 0 Å². The van der Waals surface area contributed by atoms with Crippen molar-refractivity contribution in [1.29, 1.82) is 0 Å². The van der Waals surface area contributed by atoms with Crippen LogP contribution in [0.1, 0.15) is 19.4 Å². The minimum absolute atomic E-state index is 0.737. The van der Waals surface area contributed by atoms with Crippen LogP contribution in [-0.2, 0) is 0 Å². The highest BCUT2D eigenvalue weighted by Crippen LogP contribution is 2.12. The van der Waals surface area contributed by atoms with Crippen LogP contribution in [0.3, 0.4) is 0 Å². The van der Waals surface area contributed by atoms with Crippen molar-refractivity contribution in [2.75, 3.05) is 5.73 Å². The van der Waals surface area contributed by atoms with Crippen molar-refractivity contribution >= 4 is 11.9 Å². The summed E-state index contributed by atoms with van der Waals surface area (Å²) in [7, 11) is 0. The maximum absolute atomic E-state index is 5.59. The third-order valence-electron chi connectivity index (χ3n) is 1.26. The number of rotatable bonds is 1. The molecule has 2 heteroatoms. The first-order valence-corrected chi connectivity index (χ1v) is 3.28. The molecule has 1 rings (SSSR count). The van der Waals surface area contributed by atoms with Gasteiger partial charge < -0.3 is 10.7 Å². The topological polar surface area (TPSA) is 41.8 Å². The number of nitrogen functional groups attached to an aromatic ring is 1. The van der Waals surface area contributed by atoms with Gasteiger partial charge in [0.1, 0.15) is 5.82 Å². The summed E-state index contributed by atoms with van der Waals surface area (Å²) in [4.78, 5) is 2.91. The number of aromatic nitrogens is 1. The minimum atomic E-state index is 0.737. The number of nitrogens with two attached hydrogens (primary N) is 1. The van der Waals surface area contributed by atoms with E-state index in [0.717, 1.165) is 11.4 Å². The van der Waals surface area contributed by atoms with Crippen LogP contribution in [0.15, 0.2) is 17.8 Å². The van der Waals surface area contributed by atoms with Crippen LogP contribution < -0.4 is 5.73 Å². The van der Waals surface area contributed by atoms with Gasteiger partial charge in [-0.3, -0.25) is 0 Å². The van der Waals surface area contributed by atoms with Gasteiger partial charge in [-0.15, -0.1) is 0 Å². The Hall–Kier alpha value is -1.18. The van der Waals surface area contributed by atoms with Crippen LogP contribution in [0.5, 0.6) is 0 Å². The van der Waals surface area contributed by atoms with Crippen LogP contribution in [0.25, 0.3) is 6.08 Å². The Balaban J connectivity index is 2.95. The molecule has 0 spiro atoms. The number of H-pyrrole nitrogens is 1. The first kappa shape index (κ1) is 6.93. The first-order valence-electron chi connectivity index (χ1n) is 3.28. The van der Waals surface area contributed by atoms with Gasteiger partial charge in [0.25, 0.3) is 0 Å². The molecule has 1 aromatic rings. The van der Waals surface area contributed by atoms with Gasteiger partial charge >= 0.3 is 0 Å². The van der Waals surface area contributed by atoms with Gasteiger partial charge in [-0.1, -0.05) is 11.6 Å². The molecular formula is C8H12N2. The van der Waals surface area contributed by atoms with E-state index in [2.05, 4.69) is 4.98 Å². The van der Waals surface area contributed by atoms with Crippen molar-refractivity contribution < 1.29 is 0 Å². The zero-order chi connectivity index (χ0) is 7.56. The normalized spacial score (nSPS) is 9.40. The van der Waals surface area contributed by atoms with Gasteiger partial charge in [0, 0.05) is 11.8 Å². The Bertz CT molecular complexity index is 242. The van der Waals surface area contributed by atoms with Gasteiger partial charge in [0.05, 0.1) is 0 Å². The second-order valence-corrected chi connectivity index (χ2v) is 2.57. The number of allylic oxidation sites excluding steroid dienone is 1. The summed E-state index contributed by atoms with van der Waals surface area (Å²) in [5.74, 6) is 0.737. The summed E-state index contributed by atoms with van der Waals surface area (Å²) in [6.45, 7) is 4.10. The van der Waals surface area contributed by atoms with Gasteiger partial charge in [0.2, 0.25) is 0 Å². The molecule has 0 fully saturated rings. The fourth-order valence-corrected chi connectivity index (χ4v) is 0.831. The van der Waals surface area contributed by atoms with E-state index in [1.54, 1.807) is 0 Å². The lowest BCUT2D eigenvalue weighted by Gasteiger charge is -1.90. The van der Waals surface area contributed by atoms with Crippen LogP contribution in [0.4, 0.5) is 5.82 Å². The van der Waals surface area contributed by atoms with E-state index in [1.807, 2.05) is 32.2 Å². The molecule has 3 N–H and O–H groups in total. The van der Waals surface area contributed by atoms with Crippen molar-refractivity contribution in [2.24, 2.45) is 0 Å². The fraction of sp³-hybridized carbons (Fsp3) is 0.250. The van der Waals surface area contributed by atoms with Crippen molar-refractivity contribution in [3.63, 3.8) is 0 Å². The maximum Gasteiger partial charge on any atom is 0.107 e. The summed E-state index contributed by atoms with van der Waals surface area (Å²) in [6, 6.07) is 1.96. The zero-order valence-electron chi connectivity index (χ0n) is 6.31. The molecule has 0 saturated heterocycles. The van der Waals surface area contributed by atoms with Gasteiger partial charge in [0.15, 0.2) is 0 Å². The average molecular weight is 136 g/mol. The van der Waals surface area contributed by atoms with Crippen LogP contribution in [0.2, 0.25) is 0 Å². The Labute approximate surface area is 60.8 Å². The van der Waals surface area contributed by atoms with E-state index in [0.29, 0.717) is 0 Å². The fourth-order valence-electron chi connectivity index (χ4n) is 0.831. The maximum atomic E-state index is 5.59. The zero-order valence-corrected chi connectivity index (χ0v) is 6.31. The van der Waals surface area contributed by atoms with Crippen molar-refractivity contribution in [3.05, 3.63) is 23.4 Å². The van der Waals surface area contributed by atoms with Crippen LogP contribution in [0, 0.1) is 0 Å². The first-order chi connectivity index (χ1) is 4.70. The number of nitrogens with one attached hydrogen (secondary N) is 1. The van der Waals surface area contributed by atoms with Crippen molar-refractivity contribution in [2.45, 2.75) is 13.8 Å². The Morgan fingerprint density at radius 2 is 2.30 bits per heavy atom. The lowest BCUT2D eigenvalue weighted by atomic mass is 10.2. The Morgan fingerprint density at radius 1 is 1.60 bits per heavy atom. The number of hydrogen-bond donors (Lipinski definition) is 2. The van der Waals surface area contributed by atoms with Gasteiger partial charge in [-0.05, 0) is 19.9 Å². The van der Waals surface area contributed by atoms with Crippen LogP contribution >= 0.6 is 0 Å². The molecule has 1 aromatic heterocycles. The summed E-state index contributed by atoms with van der Waals surface area (Å²) in [6.07, 6.45) is 3.88. The molecule has 10 heavy (non-hydrogen) atoms. The highest BCUT2D eigenvalue weighted by atomic mass is 14.8. The Morgan fingerprint density at radius 3 is 2.70 bits per heavy atom. The summed E-state index contributed by atoms with van der Waals surface area (Å²) in [5, 5.41) is 0. The molecule has 2 nitrogen and oxygen atoms in total.